The van der Waals surface area contributed by atoms with Gasteiger partial charge in [0.05, 0.1) is 24.1 Å². The predicted octanol–water partition coefficient (Wildman–Crippen LogP) is 1.64. The van der Waals surface area contributed by atoms with Crippen LogP contribution in [0.5, 0.6) is 0 Å². The van der Waals surface area contributed by atoms with Crippen molar-refractivity contribution in [1.29, 1.82) is 0 Å². The first-order valence-corrected chi connectivity index (χ1v) is 9.34. The molecular formula is C21H22N4O3. The maximum atomic E-state index is 12.7. The summed E-state index contributed by atoms with van der Waals surface area (Å²) in [6, 6.07) is 16.9. The van der Waals surface area contributed by atoms with E-state index in [9.17, 15) is 14.7 Å². The molecule has 4 rings (SSSR count). The second kappa shape index (κ2) is 7.82. The number of hydrogen-bond donors (Lipinski definition) is 3. The van der Waals surface area contributed by atoms with E-state index in [0.29, 0.717) is 12.2 Å². The molecule has 1 aliphatic rings. The maximum absolute atomic E-state index is 12.7. The highest BCUT2D eigenvalue weighted by molar-refractivity contribution is 6.05. The molecule has 0 aliphatic carbocycles. The van der Waals surface area contributed by atoms with Crippen molar-refractivity contribution in [2.75, 3.05) is 18.1 Å². The first-order chi connectivity index (χ1) is 13.7. The standard InChI is InChI=1S/C21H22N4O3/c26-13-16(10-14-6-2-1-3-7-14)22-21(28)15-11-19(27)25(12-15)20-17-8-4-5-9-18(17)23-24-20/h1-9,15-16,26H,10-13H2,(H,22,28)(H,23,24)/t15-,16-/m1/s1. The van der Waals surface area contributed by atoms with Crippen LogP contribution in [0.3, 0.4) is 0 Å². The van der Waals surface area contributed by atoms with Crippen LogP contribution in [0.1, 0.15) is 12.0 Å². The molecule has 0 saturated carbocycles. The minimum absolute atomic E-state index is 0.124. The monoisotopic (exact) mass is 378 g/mol. The molecule has 2 heterocycles. The molecule has 0 bridgehead atoms. The Kier molecular flexibility index (Phi) is 5.08. The van der Waals surface area contributed by atoms with Gasteiger partial charge < -0.3 is 10.4 Å². The van der Waals surface area contributed by atoms with Gasteiger partial charge in [0.15, 0.2) is 5.82 Å². The number of anilines is 1. The van der Waals surface area contributed by atoms with Crippen LogP contribution < -0.4 is 10.2 Å². The van der Waals surface area contributed by atoms with E-state index in [2.05, 4.69) is 15.5 Å². The summed E-state index contributed by atoms with van der Waals surface area (Å²) in [5, 5.41) is 20.6. The third kappa shape index (κ3) is 3.61. The van der Waals surface area contributed by atoms with Crippen LogP contribution in [0.2, 0.25) is 0 Å². The lowest BCUT2D eigenvalue weighted by Gasteiger charge is -2.19. The molecule has 0 radical (unpaired) electrons. The number of aromatic nitrogens is 2. The Morgan fingerprint density at radius 1 is 1.21 bits per heavy atom. The van der Waals surface area contributed by atoms with Gasteiger partial charge in [0.2, 0.25) is 11.8 Å². The van der Waals surface area contributed by atoms with Crippen LogP contribution in [-0.2, 0) is 16.0 Å². The molecule has 3 aromatic rings. The number of hydrogen-bond acceptors (Lipinski definition) is 4. The van der Waals surface area contributed by atoms with Crippen LogP contribution in [0.15, 0.2) is 54.6 Å². The molecule has 7 nitrogen and oxygen atoms in total. The first kappa shape index (κ1) is 18.2. The average Bonchev–Trinajstić information content (AvgIpc) is 3.31. The molecule has 1 aromatic heterocycles. The van der Waals surface area contributed by atoms with Crippen molar-refractivity contribution in [2.24, 2.45) is 5.92 Å². The van der Waals surface area contributed by atoms with Crippen molar-refractivity contribution in [3.05, 3.63) is 60.2 Å². The Labute approximate surface area is 162 Å². The minimum atomic E-state index is -0.465. The summed E-state index contributed by atoms with van der Waals surface area (Å²) in [6.07, 6.45) is 0.675. The number of para-hydroxylation sites is 1. The highest BCUT2D eigenvalue weighted by Gasteiger charge is 2.37. The fourth-order valence-corrected chi connectivity index (χ4v) is 3.62. The number of amides is 2. The zero-order valence-corrected chi connectivity index (χ0v) is 15.3. The Hall–Kier alpha value is -3.19. The molecule has 2 amide bonds. The number of aliphatic hydroxyl groups excluding tert-OH is 1. The summed E-state index contributed by atoms with van der Waals surface area (Å²) in [6.45, 7) is 0.123. The number of benzene rings is 2. The Morgan fingerprint density at radius 2 is 1.96 bits per heavy atom. The summed E-state index contributed by atoms with van der Waals surface area (Å²) >= 11 is 0. The van der Waals surface area contributed by atoms with Crippen molar-refractivity contribution in [2.45, 2.75) is 18.9 Å². The summed E-state index contributed by atoms with van der Waals surface area (Å²) in [4.78, 5) is 26.8. The number of aromatic amines is 1. The van der Waals surface area contributed by atoms with Gasteiger partial charge in [-0.1, -0.05) is 42.5 Å². The van der Waals surface area contributed by atoms with Gasteiger partial charge in [0.1, 0.15) is 0 Å². The second-order valence-corrected chi connectivity index (χ2v) is 7.08. The lowest BCUT2D eigenvalue weighted by Crippen LogP contribution is -2.43. The number of carbonyl (C=O) groups excluding carboxylic acids is 2. The molecule has 144 valence electrons. The van der Waals surface area contributed by atoms with Crippen molar-refractivity contribution >= 4 is 28.5 Å². The van der Waals surface area contributed by atoms with Gasteiger partial charge in [0.25, 0.3) is 0 Å². The molecule has 7 heteroatoms. The molecular weight excluding hydrogens is 356 g/mol. The van der Waals surface area contributed by atoms with E-state index in [0.717, 1.165) is 16.5 Å². The Balaban J connectivity index is 1.43. The molecule has 1 fully saturated rings. The molecule has 2 aromatic carbocycles. The summed E-state index contributed by atoms with van der Waals surface area (Å²) in [5.41, 5.74) is 1.88. The fraction of sp³-hybridized carbons (Fsp3) is 0.286. The Bertz CT molecular complexity index is 985. The van der Waals surface area contributed by atoms with Crippen LogP contribution >= 0.6 is 0 Å². The fourth-order valence-electron chi connectivity index (χ4n) is 3.62. The van der Waals surface area contributed by atoms with E-state index in [-0.39, 0.29) is 37.4 Å². The van der Waals surface area contributed by atoms with Crippen molar-refractivity contribution in [1.82, 2.24) is 15.5 Å². The lowest BCUT2D eigenvalue weighted by atomic mass is 10.0. The highest BCUT2D eigenvalue weighted by atomic mass is 16.3. The third-order valence-corrected chi connectivity index (χ3v) is 5.09. The van der Waals surface area contributed by atoms with Crippen molar-refractivity contribution < 1.29 is 14.7 Å². The smallest absolute Gasteiger partial charge is 0.229 e. The van der Waals surface area contributed by atoms with E-state index in [4.69, 9.17) is 0 Å². The predicted molar refractivity (Wildman–Crippen MR) is 106 cm³/mol. The zero-order valence-electron chi connectivity index (χ0n) is 15.3. The number of nitrogens with zero attached hydrogens (tertiary/aromatic N) is 2. The van der Waals surface area contributed by atoms with E-state index >= 15 is 0 Å². The average molecular weight is 378 g/mol. The third-order valence-electron chi connectivity index (χ3n) is 5.09. The van der Waals surface area contributed by atoms with Crippen LogP contribution in [0.4, 0.5) is 5.82 Å². The van der Waals surface area contributed by atoms with Gasteiger partial charge in [-0.25, -0.2) is 0 Å². The Morgan fingerprint density at radius 3 is 2.75 bits per heavy atom. The summed E-state index contributed by atoms with van der Waals surface area (Å²) in [5.74, 6) is -0.252. The maximum Gasteiger partial charge on any atom is 0.229 e. The molecule has 3 N–H and O–H groups in total. The van der Waals surface area contributed by atoms with E-state index in [1.807, 2.05) is 54.6 Å². The van der Waals surface area contributed by atoms with Gasteiger partial charge in [0, 0.05) is 18.4 Å². The number of carbonyl (C=O) groups is 2. The number of aliphatic hydroxyl groups is 1. The highest BCUT2D eigenvalue weighted by Crippen LogP contribution is 2.29. The summed E-state index contributed by atoms with van der Waals surface area (Å²) < 4.78 is 0. The van der Waals surface area contributed by atoms with Crippen molar-refractivity contribution in [3.8, 4) is 0 Å². The van der Waals surface area contributed by atoms with E-state index in [1.54, 1.807) is 4.90 Å². The second-order valence-electron chi connectivity index (χ2n) is 7.08. The number of rotatable bonds is 6. The zero-order chi connectivity index (χ0) is 19.5. The number of fused-ring (bicyclic) bond motifs is 1. The summed E-state index contributed by atoms with van der Waals surface area (Å²) in [7, 11) is 0. The van der Waals surface area contributed by atoms with Crippen LogP contribution in [0, 0.1) is 5.92 Å². The lowest BCUT2D eigenvalue weighted by molar-refractivity contribution is -0.127. The number of nitrogens with one attached hydrogen (secondary N) is 2. The van der Waals surface area contributed by atoms with E-state index in [1.165, 1.54) is 0 Å². The van der Waals surface area contributed by atoms with Crippen LogP contribution in [-0.4, -0.2) is 46.3 Å². The SMILES string of the molecule is O=C(N[C@@H](CO)Cc1ccccc1)[C@@H]1CC(=O)N(c2n[nH]c3ccccc23)C1. The molecule has 0 spiro atoms. The van der Waals surface area contributed by atoms with E-state index < -0.39 is 5.92 Å². The van der Waals surface area contributed by atoms with Gasteiger partial charge in [-0.05, 0) is 24.1 Å². The topological polar surface area (TPSA) is 98.3 Å². The van der Waals surface area contributed by atoms with Crippen LogP contribution in [0.25, 0.3) is 10.9 Å². The molecule has 1 saturated heterocycles. The largest absolute Gasteiger partial charge is 0.394 e. The molecule has 2 atom stereocenters. The normalized spacial score (nSPS) is 17.8. The van der Waals surface area contributed by atoms with Crippen molar-refractivity contribution in [3.63, 3.8) is 0 Å². The van der Waals surface area contributed by atoms with Gasteiger partial charge in [-0.2, -0.15) is 5.10 Å². The number of H-pyrrole nitrogens is 1. The molecule has 28 heavy (non-hydrogen) atoms. The van der Waals surface area contributed by atoms with Gasteiger partial charge in [-0.15, -0.1) is 0 Å². The van der Waals surface area contributed by atoms with Gasteiger partial charge >= 0.3 is 0 Å². The van der Waals surface area contributed by atoms with Gasteiger partial charge in [-0.3, -0.25) is 19.6 Å². The quantitative estimate of drug-likeness (QED) is 0.607. The molecule has 1 aliphatic heterocycles. The molecule has 0 unspecified atom stereocenters. The first-order valence-electron chi connectivity index (χ1n) is 9.34. The minimum Gasteiger partial charge on any atom is -0.394 e.